The number of rotatable bonds is 3. The van der Waals surface area contributed by atoms with Gasteiger partial charge in [0, 0.05) is 34.1 Å². The fourth-order valence-corrected chi connectivity index (χ4v) is 8.55. The second-order valence-corrected chi connectivity index (χ2v) is 13.9. The van der Waals surface area contributed by atoms with Gasteiger partial charge in [-0.15, -0.1) is 0 Å². The van der Waals surface area contributed by atoms with E-state index in [2.05, 4.69) is 153 Å². The van der Waals surface area contributed by atoms with Gasteiger partial charge in [-0.2, -0.15) is 0 Å². The molecule has 0 aliphatic heterocycles. The average Bonchev–Trinajstić information content (AvgIpc) is 3.57. The van der Waals surface area contributed by atoms with Gasteiger partial charge in [0.2, 0.25) is 0 Å². The molecule has 46 heavy (non-hydrogen) atoms. The first-order chi connectivity index (χ1) is 22.5. The van der Waals surface area contributed by atoms with Crippen LogP contribution in [0, 0.1) is 0 Å². The van der Waals surface area contributed by atoms with E-state index in [1.807, 2.05) is 6.20 Å². The standard InChI is InChI=1S/C44H32N2/c1-44(2,3)34-17-8-7-13-31(34)35-25-28(23-24-45-35)46-36-18-10-15-30-29-14-9-16-32-38(26-11-5-4-6-12-26)33-21-19-27-20-22-37(46)43(41(30)36)39(27)42(33)40(29)32/h4-25,38H,1-3H3. The van der Waals surface area contributed by atoms with Crippen LogP contribution in [-0.2, 0) is 5.41 Å². The Kier molecular flexibility index (Phi) is 5.08. The summed E-state index contributed by atoms with van der Waals surface area (Å²) < 4.78 is 2.47. The number of hydrogen-bond donors (Lipinski definition) is 0. The molecule has 0 saturated heterocycles. The first kappa shape index (κ1) is 25.8. The van der Waals surface area contributed by atoms with Crippen LogP contribution in [0.1, 0.15) is 48.9 Å². The SMILES string of the molecule is CC(C)(C)c1ccccc1-c1cc(-n2c3cccc4c3c3c5c6c(ccc5ccc32)C(c2ccccc2)c2cccc-4c2-6)ccn1. The topological polar surface area (TPSA) is 17.8 Å². The number of benzene rings is 6. The lowest BCUT2D eigenvalue weighted by Crippen LogP contribution is -2.12. The van der Waals surface area contributed by atoms with Crippen molar-refractivity contribution >= 4 is 32.6 Å². The maximum Gasteiger partial charge on any atom is 0.0725 e. The van der Waals surface area contributed by atoms with Crippen molar-refractivity contribution in [1.29, 1.82) is 0 Å². The zero-order valence-corrected chi connectivity index (χ0v) is 26.2. The number of aromatic nitrogens is 2. The van der Waals surface area contributed by atoms with Crippen molar-refractivity contribution < 1.29 is 0 Å². The minimum absolute atomic E-state index is 0.0101. The first-order valence-electron chi connectivity index (χ1n) is 16.3. The largest absolute Gasteiger partial charge is 0.309 e. The molecular weight excluding hydrogens is 556 g/mol. The summed E-state index contributed by atoms with van der Waals surface area (Å²) in [5, 5.41) is 5.36. The van der Waals surface area contributed by atoms with Gasteiger partial charge in [-0.05, 0) is 85.0 Å². The predicted octanol–water partition coefficient (Wildman–Crippen LogP) is 11.4. The Morgan fingerprint density at radius 3 is 2.15 bits per heavy atom. The van der Waals surface area contributed by atoms with Crippen LogP contribution in [0.25, 0.3) is 71.8 Å². The number of hydrogen-bond acceptors (Lipinski definition) is 1. The highest BCUT2D eigenvalue weighted by molar-refractivity contribution is 6.31. The molecule has 218 valence electrons. The Hall–Kier alpha value is -5.47. The Labute approximate surface area is 268 Å². The lowest BCUT2D eigenvalue weighted by molar-refractivity contribution is 0.592. The molecule has 2 nitrogen and oxygen atoms in total. The minimum atomic E-state index is 0.0101. The Morgan fingerprint density at radius 1 is 0.565 bits per heavy atom. The Balaban J connectivity index is 1.32. The Morgan fingerprint density at radius 2 is 1.28 bits per heavy atom. The smallest absolute Gasteiger partial charge is 0.0725 e. The summed E-state index contributed by atoms with van der Waals surface area (Å²) in [7, 11) is 0. The highest BCUT2D eigenvalue weighted by Crippen LogP contribution is 2.58. The molecule has 10 rings (SSSR count). The van der Waals surface area contributed by atoms with Crippen LogP contribution in [0.5, 0.6) is 0 Å². The van der Waals surface area contributed by atoms with Crippen LogP contribution < -0.4 is 0 Å². The monoisotopic (exact) mass is 588 g/mol. The van der Waals surface area contributed by atoms with Gasteiger partial charge in [-0.3, -0.25) is 4.98 Å². The first-order valence-corrected chi connectivity index (χ1v) is 16.3. The fraction of sp³-hybridized carbons (Fsp3) is 0.114. The summed E-state index contributed by atoms with van der Waals surface area (Å²) in [6.07, 6.45) is 1.97. The highest BCUT2D eigenvalue weighted by atomic mass is 15.0. The van der Waals surface area contributed by atoms with Crippen molar-refractivity contribution in [2.45, 2.75) is 32.1 Å². The van der Waals surface area contributed by atoms with Crippen LogP contribution in [0.2, 0.25) is 0 Å². The van der Waals surface area contributed by atoms with Gasteiger partial charge < -0.3 is 4.57 Å². The van der Waals surface area contributed by atoms with Gasteiger partial charge in [-0.1, -0.05) is 124 Å². The van der Waals surface area contributed by atoms with Crippen molar-refractivity contribution in [3.63, 3.8) is 0 Å². The second-order valence-electron chi connectivity index (χ2n) is 13.9. The highest BCUT2D eigenvalue weighted by Gasteiger charge is 2.36. The van der Waals surface area contributed by atoms with E-state index in [1.54, 1.807) is 0 Å². The summed E-state index contributed by atoms with van der Waals surface area (Å²) >= 11 is 0. The zero-order valence-electron chi connectivity index (χ0n) is 26.2. The zero-order chi connectivity index (χ0) is 30.7. The van der Waals surface area contributed by atoms with E-state index in [-0.39, 0.29) is 11.3 Å². The molecule has 0 radical (unpaired) electrons. The molecule has 0 fully saturated rings. The van der Waals surface area contributed by atoms with Crippen molar-refractivity contribution in [2.24, 2.45) is 0 Å². The third-order valence-corrected chi connectivity index (χ3v) is 10.4. The van der Waals surface area contributed by atoms with Crippen molar-refractivity contribution in [1.82, 2.24) is 9.55 Å². The Bertz CT molecular complexity index is 2560. The van der Waals surface area contributed by atoms with E-state index >= 15 is 0 Å². The molecule has 2 aliphatic rings. The van der Waals surface area contributed by atoms with Crippen LogP contribution >= 0.6 is 0 Å². The average molecular weight is 589 g/mol. The predicted molar refractivity (Wildman–Crippen MR) is 192 cm³/mol. The molecule has 6 aromatic carbocycles. The summed E-state index contributed by atoms with van der Waals surface area (Å²) in [6, 6.07) is 47.4. The van der Waals surface area contributed by atoms with Gasteiger partial charge in [0.1, 0.15) is 0 Å². The van der Waals surface area contributed by atoms with Crippen molar-refractivity contribution in [3.8, 4) is 39.2 Å². The quantitative estimate of drug-likeness (QED) is 0.201. The normalized spacial score (nSPS) is 14.6. The van der Waals surface area contributed by atoms with Crippen molar-refractivity contribution in [2.75, 3.05) is 0 Å². The van der Waals surface area contributed by atoms with Crippen LogP contribution in [0.4, 0.5) is 0 Å². The van der Waals surface area contributed by atoms with Gasteiger partial charge >= 0.3 is 0 Å². The fourth-order valence-electron chi connectivity index (χ4n) is 8.55. The molecule has 0 N–H and O–H groups in total. The third kappa shape index (κ3) is 3.34. The lowest BCUT2D eigenvalue weighted by Gasteiger charge is -2.23. The third-order valence-electron chi connectivity index (χ3n) is 10.4. The number of fused-ring (bicyclic) bond motifs is 1. The molecule has 2 aromatic heterocycles. The van der Waals surface area contributed by atoms with Crippen molar-refractivity contribution in [3.05, 3.63) is 156 Å². The molecule has 8 aromatic rings. The van der Waals surface area contributed by atoms with E-state index < -0.39 is 0 Å². The molecule has 0 spiro atoms. The summed E-state index contributed by atoms with van der Waals surface area (Å²) in [5.74, 6) is 0.222. The van der Waals surface area contributed by atoms with E-state index in [4.69, 9.17) is 4.98 Å². The molecule has 0 saturated carbocycles. The molecule has 2 heteroatoms. The van der Waals surface area contributed by atoms with E-state index in [9.17, 15) is 0 Å². The van der Waals surface area contributed by atoms with E-state index in [1.165, 1.54) is 82.6 Å². The lowest BCUT2D eigenvalue weighted by atomic mass is 9.83. The molecule has 0 amide bonds. The molecular formula is C44H32N2. The molecule has 1 atom stereocenters. The second kappa shape index (κ2) is 9.05. The van der Waals surface area contributed by atoms with Gasteiger partial charge in [0.15, 0.2) is 0 Å². The molecule has 1 unspecified atom stereocenters. The summed E-state index contributed by atoms with van der Waals surface area (Å²) in [6.45, 7) is 6.83. The maximum atomic E-state index is 4.92. The van der Waals surface area contributed by atoms with Gasteiger partial charge in [0.05, 0.1) is 16.7 Å². The maximum absolute atomic E-state index is 4.92. The molecule has 2 heterocycles. The molecule has 2 aliphatic carbocycles. The summed E-state index contributed by atoms with van der Waals surface area (Å²) in [5.41, 5.74) is 16.7. The van der Waals surface area contributed by atoms with Crippen LogP contribution in [0.3, 0.4) is 0 Å². The van der Waals surface area contributed by atoms with Gasteiger partial charge in [0.25, 0.3) is 0 Å². The van der Waals surface area contributed by atoms with E-state index in [0.29, 0.717) is 0 Å². The summed E-state index contributed by atoms with van der Waals surface area (Å²) in [4.78, 5) is 4.92. The number of pyridine rings is 1. The van der Waals surface area contributed by atoms with Crippen LogP contribution in [-0.4, -0.2) is 9.55 Å². The van der Waals surface area contributed by atoms with Crippen LogP contribution in [0.15, 0.2) is 134 Å². The van der Waals surface area contributed by atoms with E-state index in [0.717, 1.165) is 11.4 Å². The molecule has 0 bridgehead atoms. The minimum Gasteiger partial charge on any atom is -0.309 e. The van der Waals surface area contributed by atoms with Gasteiger partial charge in [-0.25, -0.2) is 0 Å². The number of nitrogens with zero attached hydrogens (tertiary/aromatic N) is 2.